The van der Waals surface area contributed by atoms with Crippen LogP contribution in [0.5, 0.6) is 11.5 Å². The molecule has 0 aliphatic carbocycles. The molecule has 0 aliphatic heterocycles. The first-order valence-electron chi connectivity index (χ1n) is 8.80. The Bertz CT molecular complexity index is 902. The van der Waals surface area contributed by atoms with Crippen LogP contribution in [0.25, 0.3) is 0 Å². The number of methoxy groups -OCH3 is 1. The zero-order valence-electron chi connectivity index (χ0n) is 15.6. The average Bonchev–Trinajstić information content (AvgIpc) is 3.18. The fourth-order valence-corrected chi connectivity index (χ4v) is 4.13. The van der Waals surface area contributed by atoms with Crippen molar-refractivity contribution < 1.29 is 14.3 Å². The van der Waals surface area contributed by atoms with E-state index in [1.807, 2.05) is 37.3 Å². The second-order valence-electron chi connectivity index (χ2n) is 5.80. The van der Waals surface area contributed by atoms with Gasteiger partial charge in [0.05, 0.1) is 7.11 Å². The summed E-state index contributed by atoms with van der Waals surface area (Å²) < 4.78 is 11.9. The molecule has 3 rings (SSSR count). The molecule has 146 valence electrons. The molecule has 1 heterocycles. The van der Waals surface area contributed by atoms with Gasteiger partial charge in [-0.15, -0.1) is 10.2 Å². The highest BCUT2D eigenvalue weighted by Crippen LogP contribution is 2.30. The molecule has 0 saturated carbocycles. The quantitative estimate of drug-likeness (QED) is 0.406. The second kappa shape index (κ2) is 10.1. The number of carbonyl (C=O) groups is 1. The number of nitrogens with zero attached hydrogens (tertiary/aromatic N) is 2. The summed E-state index contributed by atoms with van der Waals surface area (Å²) in [6.45, 7) is 1.89. The molecule has 0 saturated heterocycles. The van der Waals surface area contributed by atoms with E-state index >= 15 is 0 Å². The molecular formula is C20H21N3O3S2. The number of anilines is 1. The van der Waals surface area contributed by atoms with Gasteiger partial charge in [-0.2, -0.15) is 0 Å². The number of carbonyl (C=O) groups excluding carboxylic acids is 1. The Morgan fingerprint density at radius 1 is 1.11 bits per heavy atom. The molecule has 0 unspecified atom stereocenters. The molecular weight excluding hydrogens is 394 g/mol. The number of amides is 1. The molecule has 0 bridgehead atoms. The largest absolute Gasteiger partial charge is 0.493 e. The molecule has 0 spiro atoms. The number of ether oxygens (including phenoxy) is 2. The summed E-state index contributed by atoms with van der Waals surface area (Å²) in [5.74, 6) is 1.66. The van der Waals surface area contributed by atoms with E-state index in [1.54, 1.807) is 31.0 Å². The Morgan fingerprint density at radius 3 is 2.54 bits per heavy atom. The van der Waals surface area contributed by atoms with Gasteiger partial charge < -0.3 is 9.47 Å². The summed E-state index contributed by atoms with van der Waals surface area (Å²) in [5, 5.41) is 11.5. The zero-order valence-corrected chi connectivity index (χ0v) is 17.3. The van der Waals surface area contributed by atoms with E-state index in [0.717, 1.165) is 10.1 Å². The van der Waals surface area contributed by atoms with Crippen LogP contribution in [0.1, 0.15) is 18.9 Å². The van der Waals surface area contributed by atoms with Crippen LogP contribution in [0.3, 0.4) is 0 Å². The number of benzene rings is 2. The van der Waals surface area contributed by atoms with Crippen molar-refractivity contribution in [2.75, 3.05) is 12.4 Å². The van der Waals surface area contributed by atoms with E-state index in [1.165, 1.54) is 16.9 Å². The molecule has 1 atom stereocenters. The van der Waals surface area contributed by atoms with Crippen molar-refractivity contribution in [3.63, 3.8) is 0 Å². The lowest BCUT2D eigenvalue weighted by Crippen LogP contribution is -2.32. The van der Waals surface area contributed by atoms with Crippen LogP contribution in [-0.4, -0.2) is 29.3 Å². The van der Waals surface area contributed by atoms with Crippen LogP contribution in [0, 0.1) is 0 Å². The predicted molar refractivity (Wildman–Crippen MR) is 112 cm³/mol. The van der Waals surface area contributed by atoms with Crippen molar-refractivity contribution in [2.45, 2.75) is 29.5 Å². The smallest absolute Gasteiger partial charge is 0.267 e. The van der Waals surface area contributed by atoms with Crippen molar-refractivity contribution in [1.29, 1.82) is 0 Å². The van der Waals surface area contributed by atoms with Gasteiger partial charge in [-0.1, -0.05) is 72.5 Å². The number of aromatic nitrogens is 2. The molecule has 3 aromatic rings. The van der Waals surface area contributed by atoms with Crippen LogP contribution < -0.4 is 14.8 Å². The van der Waals surface area contributed by atoms with Crippen LogP contribution in [0.2, 0.25) is 0 Å². The third-order valence-electron chi connectivity index (χ3n) is 3.84. The second-order valence-corrected chi connectivity index (χ2v) is 8.00. The molecule has 0 radical (unpaired) electrons. The minimum Gasteiger partial charge on any atom is -0.493 e. The first-order chi connectivity index (χ1) is 13.7. The number of rotatable bonds is 9. The molecule has 0 fully saturated rings. The van der Waals surface area contributed by atoms with Gasteiger partial charge in [0.25, 0.3) is 5.91 Å². The van der Waals surface area contributed by atoms with Crippen LogP contribution in [0.15, 0.2) is 58.9 Å². The number of thioether (sulfide) groups is 1. The standard InChI is InChI=1S/C20H21N3O3S2/c1-3-15(26-17-12-8-7-11-16(17)25-2)18(24)21-19-22-23-20(28-19)27-13-14-9-5-4-6-10-14/h4-12,15H,3,13H2,1-2H3,(H,21,22,24)/t15-/m1/s1. The number of para-hydroxylation sites is 2. The molecule has 1 N–H and O–H groups in total. The Balaban J connectivity index is 1.58. The topological polar surface area (TPSA) is 73.3 Å². The fraction of sp³-hybridized carbons (Fsp3) is 0.250. The van der Waals surface area contributed by atoms with Gasteiger partial charge in [-0.05, 0) is 24.1 Å². The van der Waals surface area contributed by atoms with Gasteiger partial charge in [-0.3, -0.25) is 10.1 Å². The van der Waals surface area contributed by atoms with Gasteiger partial charge in [0.1, 0.15) is 0 Å². The highest BCUT2D eigenvalue weighted by molar-refractivity contribution is 8.00. The first kappa shape index (κ1) is 20.2. The van der Waals surface area contributed by atoms with Gasteiger partial charge in [0, 0.05) is 5.75 Å². The summed E-state index contributed by atoms with van der Waals surface area (Å²) in [5.41, 5.74) is 1.21. The van der Waals surface area contributed by atoms with Crippen molar-refractivity contribution in [3.05, 3.63) is 60.2 Å². The highest BCUT2D eigenvalue weighted by atomic mass is 32.2. The van der Waals surface area contributed by atoms with Gasteiger partial charge in [-0.25, -0.2) is 0 Å². The number of nitrogens with one attached hydrogen (secondary N) is 1. The lowest BCUT2D eigenvalue weighted by Gasteiger charge is -2.17. The van der Waals surface area contributed by atoms with Crippen LogP contribution >= 0.6 is 23.1 Å². The predicted octanol–water partition coefficient (Wildman–Crippen LogP) is 4.64. The summed E-state index contributed by atoms with van der Waals surface area (Å²) >= 11 is 2.94. The summed E-state index contributed by atoms with van der Waals surface area (Å²) in [7, 11) is 1.57. The Labute approximate surface area is 172 Å². The van der Waals surface area contributed by atoms with Gasteiger partial charge in [0.2, 0.25) is 5.13 Å². The summed E-state index contributed by atoms with van der Waals surface area (Å²) in [6, 6.07) is 17.4. The first-order valence-corrected chi connectivity index (χ1v) is 10.6. The van der Waals surface area contributed by atoms with E-state index in [0.29, 0.717) is 23.1 Å². The van der Waals surface area contributed by atoms with Crippen LogP contribution in [-0.2, 0) is 10.5 Å². The molecule has 8 heteroatoms. The molecule has 2 aromatic carbocycles. The lowest BCUT2D eigenvalue weighted by molar-refractivity contribution is -0.122. The maximum absolute atomic E-state index is 12.6. The maximum atomic E-state index is 12.6. The minimum absolute atomic E-state index is 0.260. The van der Waals surface area contributed by atoms with Crippen molar-refractivity contribution in [2.24, 2.45) is 0 Å². The maximum Gasteiger partial charge on any atom is 0.267 e. The average molecular weight is 416 g/mol. The van der Waals surface area contributed by atoms with Gasteiger partial charge >= 0.3 is 0 Å². The third kappa shape index (κ3) is 5.46. The number of hydrogen-bond donors (Lipinski definition) is 1. The molecule has 0 aliphatic rings. The Morgan fingerprint density at radius 2 is 1.82 bits per heavy atom. The molecule has 1 amide bonds. The van der Waals surface area contributed by atoms with E-state index in [2.05, 4.69) is 27.6 Å². The summed E-state index contributed by atoms with van der Waals surface area (Å²) in [4.78, 5) is 12.6. The van der Waals surface area contributed by atoms with Crippen LogP contribution in [0.4, 0.5) is 5.13 Å². The monoisotopic (exact) mass is 415 g/mol. The Kier molecular flexibility index (Phi) is 7.27. The van der Waals surface area contributed by atoms with E-state index in [9.17, 15) is 4.79 Å². The normalized spacial score (nSPS) is 11.6. The third-order valence-corrected chi connectivity index (χ3v) is 5.89. The zero-order chi connectivity index (χ0) is 19.8. The lowest BCUT2D eigenvalue weighted by atomic mass is 10.2. The Hall–Kier alpha value is -2.58. The highest BCUT2D eigenvalue weighted by Gasteiger charge is 2.21. The van der Waals surface area contributed by atoms with E-state index in [4.69, 9.17) is 9.47 Å². The summed E-state index contributed by atoms with van der Waals surface area (Å²) in [6.07, 6.45) is -0.140. The number of hydrogen-bond acceptors (Lipinski definition) is 7. The fourth-order valence-electron chi connectivity index (χ4n) is 2.42. The molecule has 6 nitrogen and oxygen atoms in total. The van der Waals surface area contributed by atoms with E-state index < -0.39 is 6.10 Å². The van der Waals surface area contributed by atoms with Crippen molar-refractivity contribution in [1.82, 2.24) is 10.2 Å². The SMILES string of the molecule is CC[C@@H](Oc1ccccc1OC)C(=O)Nc1nnc(SCc2ccccc2)s1. The molecule has 1 aromatic heterocycles. The van der Waals surface area contributed by atoms with E-state index in [-0.39, 0.29) is 5.91 Å². The van der Waals surface area contributed by atoms with Crippen molar-refractivity contribution >= 4 is 34.1 Å². The van der Waals surface area contributed by atoms with Gasteiger partial charge in [0.15, 0.2) is 21.9 Å². The van der Waals surface area contributed by atoms with Crippen molar-refractivity contribution in [3.8, 4) is 11.5 Å². The molecule has 28 heavy (non-hydrogen) atoms. The minimum atomic E-state index is -0.652.